The molecule has 2 aromatic rings. The number of rotatable bonds is 3. The minimum Gasteiger partial charge on any atom is -0.478 e. The molecule has 1 N–H and O–H groups in total. The van der Waals surface area contributed by atoms with E-state index in [0.717, 1.165) is 0 Å². The Hall–Kier alpha value is -2.94. The zero-order valence-electron chi connectivity index (χ0n) is 9.99. The van der Waals surface area contributed by atoms with Gasteiger partial charge in [-0.1, -0.05) is 12.1 Å². The van der Waals surface area contributed by atoms with Crippen LogP contribution in [-0.2, 0) is 0 Å². The van der Waals surface area contributed by atoms with Crippen LogP contribution in [0.4, 0.5) is 0 Å². The van der Waals surface area contributed by atoms with Crippen molar-refractivity contribution in [1.29, 1.82) is 5.26 Å². The number of hydrogen-bond donors (Lipinski definition) is 1. The van der Waals surface area contributed by atoms with Crippen LogP contribution in [0.15, 0.2) is 30.5 Å². The molecule has 0 unspecified atom stereocenters. The number of aromatic carboxylic acids is 1. The first kappa shape index (κ1) is 12.5. The van der Waals surface area contributed by atoms with E-state index in [1.807, 2.05) is 6.07 Å². The normalized spacial score (nSPS) is 9.68. The van der Waals surface area contributed by atoms with Gasteiger partial charge < -0.3 is 9.84 Å². The predicted octanol–water partition coefficient (Wildman–Crippen LogP) is 2.15. The largest absolute Gasteiger partial charge is 0.478 e. The zero-order valence-corrected chi connectivity index (χ0v) is 9.99. The molecule has 1 aromatic carbocycles. The molecule has 0 bridgehead atoms. The van der Waals surface area contributed by atoms with Gasteiger partial charge >= 0.3 is 5.97 Å². The molecule has 0 radical (unpaired) electrons. The molecule has 19 heavy (non-hydrogen) atoms. The van der Waals surface area contributed by atoms with Gasteiger partial charge in [0.25, 0.3) is 5.88 Å². The Bertz CT molecular complexity index is 677. The van der Waals surface area contributed by atoms with Crippen LogP contribution >= 0.6 is 0 Å². The Balaban J connectivity index is 2.50. The molecule has 2 rings (SSSR count). The summed E-state index contributed by atoms with van der Waals surface area (Å²) >= 11 is 0. The molecule has 1 aromatic heterocycles. The van der Waals surface area contributed by atoms with Crippen molar-refractivity contribution in [1.82, 2.24) is 10.2 Å². The summed E-state index contributed by atoms with van der Waals surface area (Å²) in [6.45, 7) is 1.71. The number of carboxylic acids is 1. The Morgan fingerprint density at radius 3 is 2.89 bits per heavy atom. The fourth-order valence-electron chi connectivity index (χ4n) is 1.53. The van der Waals surface area contributed by atoms with Gasteiger partial charge in [0.15, 0.2) is 0 Å². The van der Waals surface area contributed by atoms with Gasteiger partial charge in [0, 0.05) is 0 Å². The molecule has 0 aliphatic carbocycles. The number of carboxylic acid groups (broad SMARTS) is 1. The van der Waals surface area contributed by atoms with Crippen LogP contribution < -0.4 is 4.74 Å². The van der Waals surface area contributed by atoms with E-state index in [2.05, 4.69) is 10.2 Å². The molecule has 94 valence electrons. The summed E-state index contributed by atoms with van der Waals surface area (Å²) in [5.74, 6) is -0.963. The van der Waals surface area contributed by atoms with Gasteiger partial charge in [-0.25, -0.2) is 4.79 Å². The van der Waals surface area contributed by atoms with E-state index in [0.29, 0.717) is 5.56 Å². The maximum absolute atomic E-state index is 11.1. The average molecular weight is 255 g/mol. The van der Waals surface area contributed by atoms with E-state index in [1.165, 1.54) is 18.3 Å². The lowest BCUT2D eigenvalue weighted by atomic mass is 10.1. The quantitative estimate of drug-likeness (QED) is 0.902. The molecule has 0 aliphatic rings. The van der Waals surface area contributed by atoms with Crippen LogP contribution in [0.25, 0.3) is 0 Å². The molecule has 0 saturated carbocycles. The molecule has 0 atom stereocenters. The summed E-state index contributed by atoms with van der Waals surface area (Å²) in [7, 11) is 0. The van der Waals surface area contributed by atoms with Crippen molar-refractivity contribution in [3.63, 3.8) is 0 Å². The molecule has 0 amide bonds. The average Bonchev–Trinajstić information content (AvgIpc) is 2.41. The number of aromatic nitrogens is 2. The van der Waals surface area contributed by atoms with E-state index in [1.54, 1.807) is 19.1 Å². The van der Waals surface area contributed by atoms with Crippen LogP contribution in [0.2, 0.25) is 0 Å². The minimum absolute atomic E-state index is 0.00884. The molecule has 0 saturated heterocycles. The maximum Gasteiger partial charge on any atom is 0.339 e. The van der Waals surface area contributed by atoms with Crippen molar-refractivity contribution in [2.45, 2.75) is 6.92 Å². The van der Waals surface area contributed by atoms with Gasteiger partial charge in [0.2, 0.25) is 0 Å². The number of ether oxygens (including phenoxy) is 1. The van der Waals surface area contributed by atoms with Gasteiger partial charge in [-0.15, -0.1) is 5.10 Å². The van der Waals surface area contributed by atoms with Crippen molar-refractivity contribution in [3.8, 4) is 17.7 Å². The highest BCUT2D eigenvalue weighted by atomic mass is 16.5. The van der Waals surface area contributed by atoms with E-state index in [4.69, 9.17) is 15.1 Å². The standard InChI is InChI=1S/C13H9N3O3/c1-8-3-2-4-10(13(17)18)11(8)19-12-9(7-14)5-6-15-16-12/h2-6H,1H3,(H,17,18). The van der Waals surface area contributed by atoms with Crippen LogP contribution in [-0.4, -0.2) is 21.3 Å². The summed E-state index contributed by atoms with van der Waals surface area (Å²) in [6, 6.07) is 8.11. The SMILES string of the molecule is Cc1cccc(C(=O)O)c1Oc1nnccc1C#N. The van der Waals surface area contributed by atoms with Crippen molar-refractivity contribution in [3.05, 3.63) is 47.2 Å². The minimum atomic E-state index is -1.11. The van der Waals surface area contributed by atoms with Gasteiger partial charge in [0.1, 0.15) is 22.9 Å². The lowest BCUT2D eigenvalue weighted by Gasteiger charge is -2.10. The van der Waals surface area contributed by atoms with E-state index in [-0.39, 0.29) is 22.8 Å². The van der Waals surface area contributed by atoms with Gasteiger partial charge in [-0.2, -0.15) is 10.4 Å². The molecule has 0 aliphatic heterocycles. The Kier molecular flexibility index (Phi) is 3.39. The third-order valence-corrected chi connectivity index (χ3v) is 2.45. The van der Waals surface area contributed by atoms with E-state index in [9.17, 15) is 4.79 Å². The highest BCUT2D eigenvalue weighted by Crippen LogP contribution is 2.29. The van der Waals surface area contributed by atoms with Crippen LogP contribution in [0, 0.1) is 18.3 Å². The summed E-state index contributed by atoms with van der Waals surface area (Å²) in [6.07, 6.45) is 1.36. The first-order chi connectivity index (χ1) is 9.13. The fraction of sp³-hybridized carbons (Fsp3) is 0.0769. The van der Waals surface area contributed by atoms with Crippen LogP contribution in [0.1, 0.15) is 21.5 Å². The van der Waals surface area contributed by atoms with Crippen molar-refractivity contribution in [2.24, 2.45) is 0 Å². The highest BCUT2D eigenvalue weighted by molar-refractivity contribution is 5.91. The van der Waals surface area contributed by atoms with E-state index < -0.39 is 5.97 Å². The molecular weight excluding hydrogens is 246 g/mol. The monoisotopic (exact) mass is 255 g/mol. The summed E-state index contributed by atoms with van der Waals surface area (Å²) in [5, 5.41) is 25.4. The first-order valence-electron chi connectivity index (χ1n) is 5.36. The second kappa shape index (κ2) is 5.14. The number of carbonyl (C=O) groups is 1. The first-order valence-corrected chi connectivity index (χ1v) is 5.36. The molecule has 6 heteroatoms. The summed E-state index contributed by atoms with van der Waals surface area (Å²) in [5.41, 5.74) is 0.832. The lowest BCUT2D eigenvalue weighted by molar-refractivity contribution is 0.0694. The second-order valence-corrected chi connectivity index (χ2v) is 3.72. The topological polar surface area (TPSA) is 96.1 Å². The molecule has 6 nitrogen and oxygen atoms in total. The fourth-order valence-corrected chi connectivity index (χ4v) is 1.53. The van der Waals surface area contributed by atoms with Crippen molar-refractivity contribution < 1.29 is 14.6 Å². The number of benzene rings is 1. The number of nitrogens with zero attached hydrogens (tertiary/aromatic N) is 3. The van der Waals surface area contributed by atoms with Gasteiger partial charge in [-0.05, 0) is 24.6 Å². The molecule has 0 spiro atoms. The highest BCUT2D eigenvalue weighted by Gasteiger charge is 2.16. The van der Waals surface area contributed by atoms with Crippen molar-refractivity contribution >= 4 is 5.97 Å². The molecule has 0 fully saturated rings. The van der Waals surface area contributed by atoms with E-state index >= 15 is 0 Å². The number of para-hydroxylation sites is 1. The summed E-state index contributed by atoms with van der Waals surface area (Å²) in [4.78, 5) is 11.1. The Morgan fingerprint density at radius 1 is 1.42 bits per heavy atom. The predicted molar refractivity (Wildman–Crippen MR) is 65.0 cm³/mol. The smallest absolute Gasteiger partial charge is 0.339 e. The lowest BCUT2D eigenvalue weighted by Crippen LogP contribution is -2.03. The molecular formula is C13H9N3O3. The Labute approximate surface area is 108 Å². The summed E-state index contributed by atoms with van der Waals surface area (Å²) < 4.78 is 5.45. The van der Waals surface area contributed by atoms with Crippen LogP contribution in [0.5, 0.6) is 11.6 Å². The van der Waals surface area contributed by atoms with Crippen LogP contribution in [0.3, 0.4) is 0 Å². The third-order valence-electron chi connectivity index (χ3n) is 2.45. The van der Waals surface area contributed by atoms with Gasteiger partial charge in [-0.3, -0.25) is 0 Å². The Morgan fingerprint density at radius 2 is 2.21 bits per heavy atom. The van der Waals surface area contributed by atoms with Crippen molar-refractivity contribution in [2.75, 3.05) is 0 Å². The number of hydrogen-bond acceptors (Lipinski definition) is 5. The maximum atomic E-state index is 11.1. The molecule has 1 heterocycles. The number of aryl methyl sites for hydroxylation is 1. The zero-order chi connectivity index (χ0) is 13.8. The third kappa shape index (κ3) is 2.50. The second-order valence-electron chi connectivity index (χ2n) is 3.72. The number of nitriles is 1. The van der Waals surface area contributed by atoms with Gasteiger partial charge in [0.05, 0.1) is 6.20 Å².